The molecule has 7 rings (SSSR count). The van der Waals surface area contributed by atoms with E-state index in [4.69, 9.17) is 4.74 Å². The van der Waals surface area contributed by atoms with Crippen LogP contribution in [0.3, 0.4) is 0 Å². The molecule has 3 heterocycles. The first-order valence-electron chi connectivity index (χ1n) is 13.5. The Morgan fingerprint density at radius 3 is 2.81 bits per heavy atom. The van der Waals surface area contributed by atoms with Gasteiger partial charge in [-0.15, -0.1) is 0 Å². The van der Waals surface area contributed by atoms with Crippen molar-refractivity contribution in [3.05, 3.63) is 65.5 Å². The number of pyridine rings is 1. The van der Waals surface area contributed by atoms with Gasteiger partial charge >= 0.3 is 0 Å². The van der Waals surface area contributed by atoms with E-state index in [1.165, 1.54) is 46.6 Å². The van der Waals surface area contributed by atoms with Gasteiger partial charge in [-0.05, 0) is 103 Å². The summed E-state index contributed by atoms with van der Waals surface area (Å²) in [6, 6.07) is 9.04. The van der Waals surface area contributed by atoms with E-state index >= 15 is 0 Å². The fourth-order valence-corrected chi connectivity index (χ4v) is 9.55. The number of allylic oxidation sites excluding steroid dienone is 1. The molecule has 1 aromatic heterocycles. The fourth-order valence-electron chi connectivity index (χ4n) is 8.83. The third-order valence-corrected chi connectivity index (χ3v) is 12.1. The smallest absolute Gasteiger partial charge is 0.211 e. The van der Waals surface area contributed by atoms with E-state index in [0.717, 1.165) is 38.5 Å². The highest BCUT2D eigenvalue weighted by atomic mass is 32.2. The average Bonchev–Trinajstić information content (AvgIpc) is 3.37. The van der Waals surface area contributed by atoms with E-state index in [-0.39, 0.29) is 22.7 Å². The molecule has 1 saturated heterocycles. The summed E-state index contributed by atoms with van der Waals surface area (Å²) in [5.74, 6) is 0.977. The first-order chi connectivity index (χ1) is 17.1. The molecule has 2 aliphatic heterocycles. The summed E-state index contributed by atoms with van der Waals surface area (Å²) >= 11 is 0. The first kappa shape index (κ1) is 23.1. The number of hydrogen-bond acceptors (Lipinski definition) is 4. The van der Waals surface area contributed by atoms with Crippen LogP contribution in [0.1, 0.15) is 69.8 Å². The number of nitrogens with zero attached hydrogens (tertiary/aromatic N) is 2. The predicted molar refractivity (Wildman–Crippen MR) is 142 cm³/mol. The van der Waals surface area contributed by atoms with Crippen LogP contribution in [0.2, 0.25) is 0 Å². The van der Waals surface area contributed by atoms with Gasteiger partial charge in [0.1, 0.15) is 0 Å². The van der Waals surface area contributed by atoms with Gasteiger partial charge in [0, 0.05) is 30.9 Å². The molecule has 36 heavy (non-hydrogen) atoms. The average molecular weight is 505 g/mol. The minimum atomic E-state index is -3.22. The maximum atomic E-state index is 12.3. The SMILES string of the molecule is CN([C@@H]1CCC2=CC3=CC[C@]4(C)[C@@H](c5ccc6ccncc6c5)CC[C@H]4[C@@]34CCC2(C1)O4)S(C)(=O)=O. The largest absolute Gasteiger partial charge is 0.359 e. The van der Waals surface area contributed by atoms with E-state index in [0.29, 0.717) is 11.8 Å². The molecule has 3 aliphatic carbocycles. The Balaban J connectivity index is 1.25. The predicted octanol–water partition coefficient (Wildman–Crippen LogP) is 5.74. The molecule has 6 heteroatoms. The molecule has 1 aromatic carbocycles. The van der Waals surface area contributed by atoms with Crippen LogP contribution in [0.4, 0.5) is 0 Å². The second-order valence-corrected chi connectivity index (χ2v) is 14.4. The van der Waals surface area contributed by atoms with E-state index in [9.17, 15) is 8.42 Å². The number of rotatable bonds is 3. The number of aromatic nitrogens is 1. The van der Waals surface area contributed by atoms with Gasteiger partial charge in [0.2, 0.25) is 10.0 Å². The number of benzene rings is 1. The zero-order valence-electron chi connectivity index (χ0n) is 21.5. The third kappa shape index (κ3) is 3.07. The van der Waals surface area contributed by atoms with E-state index in [1.807, 2.05) is 12.4 Å². The van der Waals surface area contributed by atoms with Gasteiger partial charge in [0.25, 0.3) is 0 Å². The minimum Gasteiger partial charge on any atom is -0.359 e. The van der Waals surface area contributed by atoms with Gasteiger partial charge in [-0.1, -0.05) is 31.2 Å². The highest BCUT2D eigenvalue weighted by Gasteiger charge is 2.66. The van der Waals surface area contributed by atoms with Gasteiger partial charge in [-0.25, -0.2) is 12.7 Å². The molecule has 3 fully saturated rings. The van der Waals surface area contributed by atoms with E-state index < -0.39 is 10.0 Å². The Morgan fingerprint density at radius 2 is 1.97 bits per heavy atom. The quantitative estimate of drug-likeness (QED) is 0.535. The van der Waals surface area contributed by atoms with E-state index in [2.05, 4.69) is 48.3 Å². The van der Waals surface area contributed by atoms with Crippen molar-refractivity contribution in [2.45, 2.75) is 81.5 Å². The number of sulfonamides is 1. The molecular formula is C30H36N2O3S. The van der Waals surface area contributed by atoms with Crippen molar-refractivity contribution in [2.75, 3.05) is 13.3 Å². The zero-order chi connectivity index (χ0) is 24.9. The zero-order valence-corrected chi connectivity index (χ0v) is 22.4. The minimum absolute atomic E-state index is 0.00957. The summed E-state index contributed by atoms with van der Waals surface area (Å²) < 4.78 is 33.6. The van der Waals surface area contributed by atoms with Crippen molar-refractivity contribution in [2.24, 2.45) is 11.3 Å². The van der Waals surface area contributed by atoms with Crippen LogP contribution in [0.25, 0.3) is 10.8 Å². The van der Waals surface area contributed by atoms with Crippen molar-refractivity contribution in [1.29, 1.82) is 0 Å². The first-order valence-corrected chi connectivity index (χ1v) is 15.4. The Labute approximate surface area is 214 Å². The summed E-state index contributed by atoms with van der Waals surface area (Å²) in [6.07, 6.45) is 18.2. The number of hydrogen-bond donors (Lipinski definition) is 0. The molecule has 0 amide bonds. The number of fused-ring (bicyclic) bond motifs is 2. The topological polar surface area (TPSA) is 59.5 Å². The van der Waals surface area contributed by atoms with Gasteiger partial charge < -0.3 is 4.74 Å². The highest BCUT2D eigenvalue weighted by molar-refractivity contribution is 7.88. The lowest BCUT2D eigenvalue weighted by molar-refractivity contribution is -0.138. The Kier molecular flexibility index (Phi) is 4.83. The lowest BCUT2D eigenvalue weighted by Gasteiger charge is -2.54. The van der Waals surface area contributed by atoms with E-state index in [1.54, 1.807) is 11.4 Å². The summed E-state index contributed by atoms with van der Waals surface area (Å²) in [6.45, 7) is 2.50. The van der Waals surface area contributed by atoms with Gasteiger partial charge in [-0.2, -0.15) is 0 Å². The van der Waals surface area contributed by atoms with Gasteiger partial charge in [0.15, 0.2) is 0 Å². The third-order valence-electron chi connectivity index (χ3n) is 10.8. The molecule has 2 saturated carbocycles. The lowest BCUT2D eigenvalue weighted by Crippen LogP contribution is -2.55. The van der Waals surface area contributed by atoms with Gasteiger partial charge in [0.05, 0.1) is 17.5 Å². The van der Waals surface area contributed by atoms with Crippen LogP contribution in [-0.4, -0.2) is 48.3 Å². The molecule has 2 aromatic rings. The normalized spacial score (nSPS) is 39.4. The standard InChI is InChI=1S/C30H36N2O3S/c1-28-12-10-24-17-23-6-7-25(32(2)36(3,33)34)18-29(23)13-14-30(24,35-29)27(28)9-8-26(28)21-5-4-20-11-15-31-19-22(20)16-21/h4-5,10-11,15-17,19,25-27H,6-9,12-14,18H2,1-3H3/t25-,26-,27-,28-,29?,30-/m1/s1. The van der Waals surface area contributed by atoms with Gasteiger partial charge in [-0.3, -0.25) is 4.98 Å². The maximum absolute atomic E-state index is 12.3. The number of ether oxygens (including phenoxy) is 1. The van der Waals surface area contributed by atoms with Crippen LogP contribution in [0.5, 0.6) is 0 Å². The monoisotopic (exact) mass is 504 g/mol. The van der Waals surface area contributed by atoms with Crippen molar-refractivity contribution in [3.63, 3.8) is 0 Å². The van der Waals surface area contributed by atoms with Crippen LogP contribution in [0.15, 0.2) is 60.0 Å². The molecule has 1 unspecified atom stereocenters. The van der Waals surface area contributed by atoms with Crippen molar-refractivity contribution in [1.82, 2.24) is 9.29 Å². The Bertz CT molecular complexity index is 1430. The van der Waals surface area contributed by atoms with Crippen molar-refractivity contribution in [3.8, 4) is 0 Å². The molecule has 2 bridgehead atoms. The molecule has 6 atom stereocenters. The summed E-state index contributed by atoms with van der Waals surface area (Å²) in [7, 11) is -1.48. The van der Waals surface area contributed by atoms with Crippen molar-refractivity contribution < 1.29 is 13.2 Å². The Hall–Kier alpha value is -2.02. The molecule has 0 radical (unpaired) electrons. The molecule has 0 N–H and O–H groups in total. The maximum Gasteiger partial charge on any atom is 0.211 e. The highest BCUT2D eigenvalue weighted by Crippen LogP contribution is 2.69. The summed E-state index contributed by atoms with van der Waals surface area (Å²) in [5, 5.41) is 2.46. The molecule has 5 aliphatic rings. The fraction of sp³-hybridized carbons (Fsp3) is 0.567. The van der Waals surface area contributed by atoms with Crippen LogP contribution in [-0.2, 0) is 14.8 Å². The molecular weight excluding hydrogens is 468 g/mol. The molecule has 5 nitrogen and oxygen atoms in total. The molecule has 190 valence electrons. The van der Waals surface area contributed by atoms with Crippen LogP contribution < -0.4 is 0 Å². The Morgan fingerprint density at radius 1 is 1.11 bits per heavy atom. The van der Waals surface area contributed by atoms with Crippen LogP contribution in [0, 0.1) is 11.3 Å². The molecule has 2 spiro atoms. The van der Waals surface area contributed by atoms with Crippen LogP contribution >= 0.6 is 0 Å². The second kappa shape index (κ2) is 7.52. The summed E-state index contributed by atoms with van der Waals surface area (Å²) in [5.41, 5.74) is 3.86. The summed E-state index contributed by atoms with van der Waals surface area (Å²) in [4.78, 5) is 4.36. The lowest BCUT2D eigenvalue weighted by atomic mass is 9.58. The second-order valence-electron chi connectivity index (χ2n) is 12.4. The van der Waals surface area contributed by atoms with Crippen molar-refractivity contribution >= 4 is 20.8 Å².